The quantitative estimate of drug-likeness (QED) is 0.282. The summed E-state index contributed by atoms with van der Waals surface area (Å²) in [6, 6.07) is 0. The molecular weight excluding hydrogens is 271 g/mol. The van der Waals surface area contributed by atoms with E-state index in [1.54, 1.807) is 0 Å². The van der Waals surface area contributed by atoms with Crippen LogP contribution >= 0.6 is 23.5 Å². The van der Waals surface area contributed by atoms with Gasteiger partial charge in [-0.25, -0.2) is 13.7 Å². The third kappa shape index (κ3) is 39.4. The van der Waals surface area contributed by atoms with Crippen LogP contribution in [0.3, 0.4) is 0 Å². The summed E-state index contributed by atoms with van der Waals surface area (Å²) >= 11 is 0. The van der Waals surface area contributed by atoms with Crippen LogP contribution < -0.4 is 0 Å². The lowest BCUT2D eigenvalue weighted by Crippen LogP contribution is -1.84. The monoisotopic (exact) mass is 278 g/mol. The Kier molecular flexibility index (Phi) is 6.54. The molecule has 0 radical (unpaired) electrons. The van der Waals surface area contributed by atoms with Crippen LogP contribution in [0.15, 0.2) is 0 Å². The molecule has 0 aliphatic heterocycles. The van der Waals surface area contributed by atoms with Crippen molar-refractivity contribution in [3.8, 4) is 0 Å². The standard InChI is InChI=1S/H4O7P2.H3O4P/c1-8(2,3)7-9(4,5)6;1-5(2,3)4/h(H2,1,2,3)(H2,4,5,6);(H3,1,2,3,4)/i8+2;. The van der Waals surface area contributed by atoms with E-state index < -0.39 is 23.5 Å². The molecule has 0 spiro atoms. The summed E-state index contributed by atoms with van der Waals surface area (Å²) in [6.07, 6.45) is 0. The predicted molar refractivity (Wildman–Crippen MR) is 39.4 cm³/mol. The molecule has 0 aromatic carbocycles. The topological polar surface area (TPSA) is 202 Å². The first-order chi connectivity index (χ1) is 5.71. The normalized spacial score (nSPS) is 13.1. The Bertz CT molecular complexity index is 253. The second-order valence-electron chi connectivity index (χ2n) is 1.58. The molecule has 0 bridgehead atoms. The fourth-order valence-electron chi connectivity index (χ4n) is 0.139. The van der Waals surface area contributed by atoms with Gasteiger partial charge in [-0.3, -0.25) is 0 Å². The first-order valence-electron chi connectivity index (χ1n) is 2.31. The molecule has 0 aliphatic rings. The van der Waals surface area contributed by atoms with E-state index in [0.717, 1.165) is 0 Å². The summed E-state index contributed by atoms with van der Waals surface area (Å²) in [5, 5.41) is 0. The molecule has 0 rings (SSSR count). The van der Waals surface area contributed by atoms with Crippen LogP contribution in [0.2, 0.25) is 0 Å². The molecule has 0 amide bonds. The molecule has 7 N–H and O–H groups in total. The minimum atomic E-state index is -5.05. The molecule has 0 aromatic rings. The zero-order valence-corrected chi connectivity index (χ0v) is 8.79. The van der Waals surface area contributed by atoms with Crippen LogP contribution in [0.1, 0.15) is 0 Å². The largest absolute Gasteiger partial charge is 0.478 e. The van der Waals surface area contributed by atoms with Crippen LogP contribution in [0.4, 0.5) is 0 Å². The lowest BCUT2D eigenvalue weighted by Gasteiger charge is -2.03. The average Bonchev–Trinajstić information content (AvgIpc) is 1.42. The first-order valence-corrected chi connectivity index (χ1v) is 6.94. The van der Waals surface area contributed by atoms with Crippen molar-refractivity contribution in [1.29, 1.82) is 0 Å². The molecule has 0 saturated carbocycles. The zero-order chi connectivity index (χ0) is 12.2. The maximum Gasteiger partial charge on any atom is 0.478 e. The van der Waals surface area contributed by atoms with E-state index in [2.05, 4.69) is 4.31 Å². The molecule has 0 aromatic heterocycles. The van der Waals surface area contributed by atoms with Gasteiger partial charge in [0.25, 0.3) is 0 Å². The number of hydrogen-bond donors (Lipinski definition) is 7. The fraction of sp³-hybridized carbons (Fsp3) is 0. The van der Waals surface area contributed by atoms with Crippen molar-refractivity contribution < 1.29 is 52.3 Å². The van der Waals surface area contributed by atoms with Crippen LogP contribution in [0, 0.1) is 0 Å². The van der Waals surface area contributed by atoms with E-state index in [0.29, 0.717) is 0 Å². The summed E-state index contributed by atoms with van der Waals surface area (Å²) < 4.78 is 31.1. The highest BCUT2D eigenvalue weighted by molar-refractivity contribution is 7.60. The van der Waals surface area contributed by atoms with E-state index >= 15 is 0 Å². The summed E-state index contributed by atoms with van der Waals surface area (Å²) in [5.74, 6) is 0. The molecular formula is H7O11P3. The van der Waals surface area contributed by atoms with E-state index in [1.807, 2.05) is 0 Å². The summed E-state index contributed by atoms with van der Waals surface area (Å²) in [5.41, 5.74) is 0. The molecule has 0 unspecified atom stereocenters. The molecule has 0 atom stereocenters. The third-order valence-corrected chi connectivity index (χ3v) is 1.91. The van der Waals surface area contributed by atoms with Crippen molar-refractivity contribution in [2.75, 3.05) is 0 Å². The number of hydrogen-bond acceptors (Lipinski definition) is 4. The van der Waals surface area contributed by atoms with Crippen LogP contribution in [0.25, 0.3) is 0 Å². The summed E-state index contributed by atoms with van der Waals surface area (Å²) in [6.45, 7) is 0. The molecule has 0 heterocycles. The van der Waals surface area contributed by atoms with Gasteiger partial charge in [0.2, 0.25) is 0 Å². The van der Waals surface area contributed by atoms with Crippen LogP contribution in [0.5, 0.6) is 0 Å². The molecule has 14 heteroatoms. The van der Waals surface area contributed by atoms with E-state index in [4.69, 9.17) is 38.8 Å². The molecule has 11 nitrogen and oxygen atoms in total. The predicted octanol–water partition coefficient (Wildman–Crippen LogP) is -1.74. The molecule has 0 aliphatic carbocycles. The maximum atomic E-state index is 9.63. The molecule has 14 heavy (non-hydrogen) atoms. The van der Waals surface area contributed by atoms with Crippen molar-refractivity contribution in [3.05, 3.63) is 0 Å². The number of rotatable bonds is 2. The minimum Gasteiger partial charge on any atom is -0.303 e. The highest BCUT2D eigenvalue weighted by atomic mass is 33.2. The van der Waals surface area contributed by atoms with Gasteiger partial charge in [0.05, 0.1) is 0 Å². The van der Waals surface area contributed by atoms with Crippen LogP contribution in [-0.2, 0) is 18.0 Å². The van der Waals surface area contributed by atoms with Gasteiger partial charge in [0.1, 0.15) is 0 Å². The van der Waals surface area contributed by atoms with Crippen molar-refractivity contribution in [2.24, 2.45) is 0 Å². The van der Waals surface area contributed by atoms with Crippen molar-refractivity contribution in [3.63, 3.8) is 0 Å². The van der Waals surface area contributed by atoms with Gasteiger partial charge >= 0.3 is 23.5 Å². The van der Waals surface area contributed by atoms with Gasteiger partial charge in [-0.15, -0.1) is 0 Å². The van der Waals surface area contributed by atoms with Crippen molar-refractivity contribution in [2.45, 2.75) is 0 Å². The van der Waals surface area contributed by atoms with Gasteiger partial charge in [-0.05, 0) is 0 Å². The third-order valence-electron chi connectivity index (χ3n) is 0.213. The average molecular weight is 278 g/mol. The zero-order valence-electron chi connectivity index (χ0n) is 6.11. The number of phosphoric acid groups is 3. The van der Waals surface area contributed by atoms with Gasteiger partial charge in [0.15, 0.2) is 0 Å². The van der Waals surface area contributed by atoms with E-state index in [-0.39, 0.29) is 0 Å². The Morgan fingerprint density at radius 1 is 0.929 bits per heavy atom. The highest BCUT2D eigenvalue weighted by Gasteiger charge is 2.27. The Labute approximate surface area is 76.7 Å². The lowest BCUT2D eigenvalue weighted by molar-refractivity contribution is 0.225. The van der Waals surface area contributed by atoms with Gasteiger partial charge in [-0.1, -0.05) is 0 Å². The Hall–Kier alpha value is 0.370. The van der Waals surface area contributed by atoms with Gasteiger partial charge < -0.3 is 34.3 Å². The SMILES string of the molecule is O=P(O)(O)O.O=P(O)(O)O[33P](=O)(O)O. The molecule has 0 fully saturated rings. The second-order valence-corrected chi connectivity index (χ2v) is 5.22. The van der Waals surface area contributed by atoms with Gasteiger partial charge in [0, 0.05) is 0 Å². The molecule has 0 saturated heterocycles. The van der Waals surface area contributed by atoms with E-state index in [9.17, 15) is 9.13 Å². The fourth-order valence-corrected chi connectivity index (χ4v) is 1.25. The highest BCUT2D eigenvalue weighted by Crippen LogP contribution is 2.53. The summed E-state index contributed by atoms with van der Waals surface area (Å²) in [7, 11) is -14.7. The Morgan fingerprint density at radius 3 is 1.14 bits per heavy atom. The van der Waals surface area contributed by atoms with Crippen molar-refractivity contribution >= 4 is 23.5 Å². The van der Waals surface area contributed by atoms with Gasteiger partial charge in [-0.2, -0.15) is 4.31 Å². The first kappa shape index (κ1) is 16.8. The smallest absolute Gasteiger partial charge is 0.303 e. The van der Waals surface area contributed by atoms with Crippen molar-refractivity contribution in [1.82, 2.24) is 0 Å². The lowest BCUT2D eigenvalue weighted by atomic mass is 15.7. The molecule has 88 valence electrons. The Morgan fingerprint density at radius 2 is 1.14 bits per heavy atom. The summed E-state index contributed by atoms with van der Waals surface area (Å²) in [4.78, 5) is 52.6. The van der Waals surface area contributed by atoms with E-state index in [1.165, 1.54) is 0 Å². The minimum absolute atomic E-state index is 2.96. The Balaban J connectivity index is 0. The maximum absolute atomic E-state index is 9.63. The van der Waals surface area contributed by atoms with Crippen LogP contribution in [-0.4, -0.2) is 34.3 Å². The second kappa shape index (κ2) is 5.45.